The molecule has 0 aromatic heterocycles. The summed E-state index contributed by atoms with van der Waals surface area (Å²) in [6.45, 7) is 6.16. The van der Waals surface area contributed by atoms with Gasteiger partial charge >= 0.3 is 0 Å². The van der Waals surface area contributed by atoms with Crippen LogP contribution < -0.4 is 5.30 Å². The Morgan fingerprint density at radius 1 is 1.41 bits per heavy atom. The summed E-state index contributed by atoms with van der Waals surface area (Å²) < 4.78 is 18.3. The molecule has 0 aliphatic rings. The fourth-order valence-corrected chi connectivity index (χ4v) is 3.78. The van der Waals surface area contributed by atoms with Gasteiger partial charge < -0.3 is 4.52 Å². The van der Waals surface area contributed by atoms with E-state index in [1.165, 1.54) is 0 Å². The van der Waals surface area contributed by atoms with Crippen LogP contribution in [-0.4, -0.2) is 12.5 Å². The molecule has 0 N–H and O–H groups in total. The average molecular weight is 273 g/mol. The Bertz CT molecular complexity index is 403. The average Bonchev–Trinajstić information content (AvgIpc) is 2.37. The first-order valence-electron chi connectivity index (χ1n) is 5.69. The van der Waals surface area contributed by atoms with E-state index in [1.54, 1.807) is 0 Å². The lowest BCUT2D eigenvalue weighted by Crippen LogP contribution is -2.09. The van der Waals surface area contributed by atoms with Crippen molar-refractivity contribution in [2.75, 3.05) is 12.5 Å². The van der Waals surface area contributed by atoms with Crippen molar-refractivity contribution in [1.29, 1.82) is 0 Å². The molecule has 94 valence electrons. The van der Waals surface area contributed by atoms with Crippen molar-refractivity contribution in [1.82, 2.24) is 0 Å². The maximum absolute atomic E-state index is 12.9. The summed E-state index contributed by atoms with van der Waals surface area (Å²) in [6.07, 6.45) is 1.40. The maximum atomic E-state index is 12.9. The molecule has 0 saturated carbocycles. The minimum atomic E-state index is -2.95. The van der Waals surface area contributed by atoms with Gasteiger partial charge in [-0.05, 0) is 31.9 Å². The third kappa shape index (κ3) is 3.70. The zero-order valence-electron chi connectivity index (χ0n) is 10.1. The van der Waals surface area contributed by atoms with Crippen molar-refractivity contribution in [3.05, 3.63) is 42.2 Å². The molecule has 1 aromatic rings. The van der Waals surface area contributed by atoms with Crippen LogP contribution in [0, 0.1) is 0 Å². The van der Waals surface area contributed by atoms with Gasteiger partial charge in [0, 0.05) is 16.5 Å². The minimum Gasteiger partial charge on any atom is -0.323 e. The van der Waals surface area contributed by atoms with Crippen molar-refractivity contribution >= 4 is 24.3 Å². The molecule has 1 aromatic carbocycles. The monoisotopic (exact) mass is 272 g/mol. The third-order valence-electron chi connectivity index (χ3n) is 2.42. The lowest BCUT2D eigenvalue weighted by atomic mass is 10.3. The van der Waals surface area contributed by atoms with Gasteiger partial charge in [-0.3, -0.25) is 4.57 Å². The molecule has 0 spiro atoms. The minimum absolute atomic E-state index is 0.409. The van der Waals surface area contributed by atoms with E-state index in [0.717, 1.165) is 6.42 Å². The Balaban J connectivity index is 2.97. The van der Waals surface area contributed by atoms with Crippen LogP contribution in [0.1, 0.15) is 19.8 Å². The Kier molecular flexibility index (Phi) is 5.97. The highest BCUT2D eigenvalue weighted by Gasteiger charge is 2.28. The summed E-state index contributed by atoms with van der Waals surface area (Å²) in [5.41, 5.74) is 0. The van der Waals surface area contributed by atoms with Crippen LogP contribution in [0.15, 0.2) is 42.2 Å². The molecule has 0 heterocycles. The number of benzene rings is 1. The quantitative estimate of drug-likeness (QED) is 0.550. The summed E-state index contributed by atoms with van der Waals surface area (Å²) in [7, 11) is -2.95. The number of hydrogen-bond acceptors (Lipinski definition) is 2. The van der Waals surface area contributed by atoms with Crippen LogP contribution in [0.2, 0.25) is 0 Å². The molecular weight excluding hydrogens is 255 g/mol. The number of rotatable bonds is 7. The normalized spacial score (nSPS) is 14.2. The zero-order chi connectivity index (χ0) is 12.7. The van der Waals surface area contributed by atoms with Gasteiger partial charge in [-0.25, -0.2) is 0 Å². The molecule has 0 radical (unpaired) electrons. The summed E-state index contributed by atoms with van der Waals surface area (Å²) in [6, 6.07) is 9.25. The smallest absolute Gasteiger partial charge is 0.256 e. The molecule has 1 unspecified atom stereocenters. The van der Waals surface area contributed by atoms with Crippen molar-refractivity contribution in [3.63, 3.8) is 0 Å². The summed E-state index contributed by atoms with van der Waals surface area (Å²) in [4.78, 5) is 0. The predicted molar refractivity (Wildman–Crippen MR) is 74.4 cm³/mol. The number of alkyl halides is 1. The van der Waals surface area contributed by atoms with E-state index >= 15 is 0 Å². The highest BCUT2D eigenvalue weighted by atomic mass is 35.5. The lowest BCUT2D eigenvalue weighted by Gasteiger charge is -2.20. The SMILES string of the molecule is C=C(CCCCl)P(=O)(OCC)c1ccccc1. The molecule has 17 heavy (non-hydrogen) atoms. The molecular formula is C13H18ClO2P. The second-order valence-corrected chi connectivity index (χ2v) is 6.55. The zero-order valence-corrected chi connectivity index (χ0v) is 11.7. The lowest BCUT2D eigenvalue weighted by molar-refractivity contribution is 0.344. The van der Waals surface area contributed by atoms with Gasteiger partial charge in [-0.1, -0.05) is 24.8 Å². The van der Waals surface area contributed by atoms with Crippen LogP contribution in [0.3, 0.4) is 0 Å². The maximum Gasteiger partial charge on any atom is 0.256 e. The van der Waals surface area contributed by atoms with E-state index in [-0.39, 0.29) is 0 Å². The molecule has 0 bridgehead atoms. The molecule has 2 nitrogen and oxygen atoms in total. The van der Waals surface area contributed by atoms with Gasteiger partial charge in [0.2, 0.25) is 0 Å². The summed E-state index contributed by atoms with van der Waals surface area (Å²) >= 11 is 5.65. The molecule has 1 rings (SSSR count). The van der Waals surface area contributed by atoms with E-state index in [0.29, 0.717) is 29.5 Å². The predicted octanol–water partition coefficient (Wildman–Crippen LogP) is 4.16. The van der Waals surface area contributed by atoms with Crippen LogP contribution in [0.5, 0.6) is 0 Å². The summed E-state index contributed by atoms with van der Waals surface area (Å²) in [5, 5.41) is 1.35. The van der Waals surface area contributed by atoms with E-state index in [2.05, 4.69) is 6.58 Å². The highest BCUT2D eigenvalue weighted by Crippen LogP contribution is 2.54. The first kappa shape index (κ1) is 14.5. The van der Waals surface area contributed by atoms with Gasteiger partial charge in [0.05, 0.1) is 6.61 Å². The molecule has 0 amide bonds. The Morgan fingerprint density at radius 2 is 2.06 bits per heavy atom. The topological polar surface area (TPSA) is 26.3 Å². The second kappa shape index (κ2) is 7.00. The fourth-order valence-electron chi connectivity index (χ4n) is 1.57. The van der Waals surface area contributed by atoms with Crippen LogP contribution in [0.25, 0.3) is 0 Å². The molecule has 0 saturated heterocycles. The molecule has 0 aliphatic heterocycles. The number of hydrogen-bond donors (Lipinski definition) is 0. The molecule has 0 fully saturated rings. The largest absolute Gasteiger partial charge is 0.323 e. The third-order valence-corrected chi connectivity index (χ3v) is 5.35. The Hall–Kier alpha value is -0.560. The van der Waals surface area contributed by atoms with Crippen molar-refractivity contribution in [3.8, 4) is 0 Å². The van der Waals surface area contributed by atoms with Gasteiger partial charge in [0.25, 0.3) is 7.37 Å². The molecule has 4 heteroatoms. The molecule has 0 aliphatic carbocycles. The van der Waals surface area contributed by atoms with Crippen LogP contribution in [0.4, 0.5) is 0 Å². The van der Waals surface area contributed by atoms with Gasteiger partial charge in [0.15, 0.2) is 0 Å². The van der Waals surface area contributed by atoms with Gasteiger partial charge in [-0.15, -0.1) is 11.6 Å². The van der Waals surface area contributed by atoms with Crippen molar-refractivity contribution < 1.29 is 9.09 Å². The highest BCUT2D eigenvalue weighted by molar-refractivity contribution is 7.71. The number of halogens is 1. The van der Waals surface area contributed by atoms with Crippen molar-refractivity contribution in [2.24, 2.45) is 0 Å². The standard InChI is InChI=1S/C13H18ClO2P/c1-3-16-17(15,12(2)8-7-11-14)13-9-5-4-6-10-13/h4-6,9-10H,2-3,7-8,11H2,1H3. The van der Waals surface area contributed by atoms with E-state index < -0.39 is 7.37 Å². The first-order valence-corrected chi connectivity index (χ1v) is 7.85. The number of allylic oxidation sites excluding steroid dienone is 1. The summed E-state index contributed by atoms with van der Waals surface area (Å²) in [5.74, 6) is 0.542. The van der Waals surface area contributed by atoms with Crippen molar-refractivity contribution in [2.45, 2.75) is 19.8 Å². The van der Waals surface area contributed by atoms with Crippen LogP contribution in [-0.2, 0) is 9.09 Å². The van der Waals surface area contributed by atoms with Gasteiger partial charge in [0.1, 0.15) is 0 Å². The van der Waals surface area contributed by atoms with Gasteiger partial charge in [-0.2, -0.15) is 0 Å². The Labute approximate surface area is 108 Å². The van der Waals surface area contributed by atoms with E-state index in [1.807, 2.05) is 37.3 Å². The van der Waals surface area contributed by atoms with Crippen LogP contribution >= 0.6 is 19.0 Å². The molecule has 1 atom stereocenters. The van der Waals surface area contributed by atoms with E-state index in [4.69, 9.17) is 16.1 Å². The van der Waals surface area contributed by atoms with E-state index in [9.17, 15) is 4.57 Å². The Morgan fingerprint density at radius 3 is 2.59 bits per heavy atom. The second-order valence-electron chi connectivity index (χ2n) is 3.66. The first-order chi connectivity index (χ1) is 8.15. The fraction of sp³-hybridized carbons (Fsp3) is 0.385.